The van der Waals surface area contributed by atoms with E-state index in [0.29, 0.717) is 17.5 Å². The molecule has 0 saturated heterocycles. The van der Waals surface area contributed by atoms with Crippen molar-refractivity contribution in [1.82, 2.24) is 0 Å². The van der Waals surface area contributed by atoms with Crippen LogP contribution in [-0.2, 0) is 16.1 Å². The fourth-order valence-corrected chi connectivity index (χ4v) is 2.74. The van der Waals surface area contributed by atoms with Crippen LogP contribution in [0.25, 0.3) is 0 Å². The van der Waals surface area contributed by atoms with E-state index in [1.165, 1.54) is 0 Å². The molecule has 2 rings (SSSR count). The summed E-state index contributed by atoms with van der Waals surface area (Å²) < 4.78 is 48.2. The molecule has 20 heavy (non-hydrogen) atoms. The van der Waals surface area contributed by atoms with Gasteiger partial charge in [0.15, 0.2) is 0 Å². The van der Waals surface area contributed by atoms with E-state index in [2.05, 4.69) is 4.40 Å². The third-order valence-electron chi connectivity index (χ3n) is 2.92. The van der Waals surface area contributed by atoms with Crippen molar-refractivity contribution in [3.05, 3.63) is 35.9 Å². The minimum atomic E-state index is -4.84. The van der Waals surface area contributed by atoms with Crippen molar-refractivity contribution in [2.45, 2.75) is 12.8 Å². The summed E-state index contributed by atoms with van der Waals surface area (Å²) in [5.41, 5.74) is 2.78. The van der Waals surface area contributed by atoms with Gasteiger partial charge in [0.1, 0.15) is 6.61 Å². The molecule has 0 spiro atoms. The molecule has 8 heteroatoms. The number of carbonyl (C=O) groups excluding carboxylic acids is 1. The number of halogens is 3. The van der Waals surface area contributed by atoms with E-state index >= 15 is 0 Å². The lowest BCUT2D eigenvalue weighted by Gasteiger charge is -2.28. The molecule has 0 fully saturated rings. The average molecular weight is 304 g/mol. The Labute approximate surface area is 117 Å². The normalized spacial score (nSPS) is 22.4. The number of alkyl halides is 3. The minimum Gasteiger partial charge on any atom is -0.474 e. The number of nitrogens with two attached hydrogens (primary N) is 1. The molecule has 1 aromatic rings. The molecular formula is C12H11F3N2O2S. The number of benzene rings is 1. The fraction of sp³-hybridized carbons (Fsp3) is 0.333. The van der Waals surface area contributed by atoms with E-state index in [-0.39, 0.29) is 6.61 Å². The maximum Gasteiger partial charge on any atom is 0.412 e. The summed E-state index contributed by atoms with van der Waals surface area (Å²) in [5, 5.41) is 0. The number of primary amides is 1. The van der Waals surface area contributed by atoms with Crippen LogP contribution in [0.2, 0.25) is 0 Å². The minimum absolute atomic E-state index is 0.106. The number of hydrogen-bond acceptors (Lipinski definition) is 4. The van der Waals surface area contributed by atoms with Crippen LogP contribution in [0, 0.1) is 5.41 Å². The quantitative estimate of drug-likeness (QED) is 0.871. The van der Waals surface area contributed by atoms with Crippen LogP contribution in [0.1, 0.15) is 5.56 Å². The van der Waals surface area contributed by atoms with E-state index in [1.807, 2.05) is 0 Å². The van der Waals surface area contributed by atoms with Gasteiger partial charge in [-0.15, -0.1) is 0 Å². The summed E-state index contributed by atoms with van der Waals surface area (Å²) >= 11 is 0.622. The van der Waals surface area contributed by atoms with Crippen LogP contribution in [-0.4, -0.2) is 23.7 Å². The molecule has 1 unspecified atom stereocenters. The Hall–Kier alpha value is -1.70. The van der Waals surface area contributed by atoms with E-state index in [4.69, 9.17) is 10.5 Å². The Balaban J connectivity index is 2.20. The van der Waals surface area contributed by atoms with Gasteiger partial charge >= 0.3 is 6.18 Å². The number of ether oxygens (including phenoxy) is 1. The monoisotopic (exact) mass is 304 g/mol. The zero-order chi connectivity index (χ0) is 14.8. The van der Waals surface area contributed by atoms with Gasteiger partial charge in [-0.2, -0.15) is 17.6 Å². The molecule has 1 aromatic carbocycles. The molecule has 1 atom stereocenters. The Morgan fingerprint density at radius 3 is 2.60 bits per heavy atom. The molecule has 2 N–H and O–H groups in total. The number of nitrogens with zero attached hydrogens (tertiary/aromatic N) is 1. The maximum atomic E-state index is 13.2. The van der Waals surface area contributed by atoms with Crippen molar-refractivity contribution in [3.63, 3.8) is 0 Å². The summed E-state index contributed by atoms with van der Waals surface area (Å²) in [6, 6.07) is 8.63. The summed E-state index contributed by atoms with van der Waals surface area (Å²) in [7, 11) is 0. The SMILES string of the molecule is NC(=O)C1(C(F)(F)F)CSN=C1OCc1ccccc1. The number of amides is 1. The molecule has 1 aliphatic heterocycles. The van der Waals surface area contributed by atoms with Crippen LogP contribution in [0.4, 0.5) is 13.2 Å². The molecule has 0 saturated carbocycles. The van der Waals surface area contributed by atoms with Crippen LogP contribution >= 0.6 is 11.9 Å². The van der Waals surface area contributed by atoms with Gasteiger partial charge in [-0.05, 0) is 17.5 Å². The van der Waals surface area contributed by atoms with E-state index < -0.39 is 29.1 Å². The van der Waals surface area contributed by atoms with Crippen molar-refractivity contribution < 1.29 is 22.7 Å². The lowest BCUT2D eigenvalue weighted by atomic mass is 9.88. The molecule has 1 amide bonds. The molecular weight excluding hydrogens is 293 g/mol. The first kappa shape index (κ1) is 14.7. The number of carbonyl (C=O) groups is 1. The van der Waals surface area contributed by atoms with Crippen LogP contribution in [0.15, 0.2) is 34.7 Å². The van der Waals surface area contributed by atoms with Gasteiger partial charge in [0.25, 0.3) is 0 Å². The third-order valence-corrected chi connectivity index (χ3v) is 3.77. The first-order valence-electron chi connectivity index (χ1n) is 5.62. The van der Waals surface area contributed by atoms with Crippen LogP contribution in [0.5, 0.6) is 0 Å². The van der Waals surface area contributed by atoms with Gasteiger partial charge in [-0.25, -0.2) is 0 Å². The van der Waals surface area contributed by atoms with Gasteiger partial charge in [0, 0.05) is 5.75 Å². The van der Waals surface area contributed by atoms with Crippen molar-refractivity contribution in [2.75, 3.05) is 5.75 Å². The van der Waals surface area contributed by atoms with Gasteiger partial charge in [-0.1, -0.05) is 30.3 Å². The maximum absolute atomic E-state index is 13.2. The zero-order valence-corrected chi connectivity index (χ0v) is 11.0. The summed E-state index contributed by atoms with van der Waals surface area (Å²) in [5.74, 6) is -2.76. The molecule has 108 valence electrons. The summed E-state index contributed by atoms with van der Waals surface area (Å²) in [6.07, 6.45) is -4.84. The highest BCUT2D eigenvalue weighted by Crippen LogP contribution is 2.46. The molecule has 1 aliphatic rings. The Bertz CT molecular complexity index is 533. The highest BCUT2D eigenvalue weighted by molar-refractivity contribution is 7.98. The third kappa shape index (κ3) is 2.47. The lowest BCUT2D eigenvalue weighted by molar-refractivity contribution is -0.196. The topological polar surface area (TPSA) is 64.7 Å². The van der Waals surface area contributed by atoms with Crippen molar-refractivity contribution >= 4 is 23.8 Å². The van der Waals surface area contributed by atoms with Crippen molar-refractivity contribution in [2.24, 2.45) is 15.5 Å². The molecule has 4 nitrogen and oxygen atoms in total. The first-order valence-corrected chi connectivity index (χ1v) is 6.56. The summed E-state index contributed by atoms with van der Waals surface area (Å²) in [4.78, 5) is 11.3. The second-order valence-corrected chi connectivity index (χ2v) is 4.94. The molecule has 0 aromatic heterocycles. The Kier molecular flexibility index (Phi) is 3.94. The molecule has 1 heterocycles. The second kappa shape index (κ2) is 5.35. The predicted molar refractivity (Wildman–Crippen MR) is 68.8 cm³/mol. The van der Waals surface area contributed by atoms with Crippen LogP contribution in [0.3, 0.4) is 0 Å². The smallest absolute Gasteiger partial charge is 0.412 e. The lowest BCUT2D eigenvalue weighted by Crippen LogP contribution is -2.55. The number of rotatable bonds is 3. The fourth-order valence-electron chi connectivity index (χ4n) is 1.72. The van der Waals surface area contributed by atoms with Gasteiger partial charge in [0.05, 0.1) is 0 Å². The Morgan fingerprint density at radius 2 is 2.05 bits per heavy atom. The van der Waals surface area contributed by atoms with Gasteiger partial charge in [0.2, 0.25) is 17.2 Å². The van der Waals surface area contributed by atoms with E-state index in [9.17, 15) is 18.0 Å². The number of hydrogen-bond donors (Lipinski definition) is 1. The Morgan fingerprint density at radius 1 is 1.40 bits per heavy atom. The van der Waals surface area contributed by atoms with Crippen LogP contribution < -0.4 is 5.73 Å². The summed E-state index contributed by atoms with van der Waals surface area (Å²) in [6.45, 7) is -0.106. The largest absolute Gasteiger partial charge is 0.474 e. The van der Waals surface area contributed by atoms with E-state index in [1.54, 1.807) is 30.3 Å². The first-order chi connectivity index (χ1) is 9.38. The average Bonchev–Trinajstić information content (AvgIpc) is 2.82. The van der Waals surface area contributed by atoms with Gasteiger partial charge < -0.3 is 10.5 Å². The second-order valence-electron chi connectivity index (χ2n) is 4.21. The molecule has 0 bridgehead atoms. The predicted octanol–water partition coefficient (Wildman–Crippen LogP) is 2.30. The van der Waals surface area contributed by atoms with Gasteiger partial charge in [-0.3, -0.25) is 4.79 Å². The highest BCUT2D eigenvalue weighted by Gasteiger charge is 2.66. The van der Waals surface area contributed by atoms with Crippen molar-refractivity contribution in [3.8, 4) is 0 Å². The highest BCUT2D eigenvalue weighted by atomic mass is 32.2. The zero-order valence-electron chi connectivity index (χ0n) is 10.2. The van der Waals surface area contributed by atoms with E-state index in [0.717, 1.165) is 0 Å². The molecule has 0 radical (unpaired) electrons. The van der Waals surface area contributed by atoms with Crippen molar-refractivity contribution in [1.29, 1.82) is 0 Å². The molecule has 0 aliphatic carbocycles. The standard InChI is InChI=1S/C12H11F3N2O2S/c13-12(14,15)11(9(16)18)7-20-17-10(11)19-6-8-4-2-1-3-5-8/h1-5H,6-7H2,(H2,16,18).